The zero-order valence-corrected chi connectivity index (χ0v) is 21.7. The van der Waals surface area contributed by atoms with E-state index in [1.165, 1.54) is 18.4 Å². The van der Waals surface area contributed by atoms with Crippen molar-refractivity contribution in [1.29, 1.82) is 0 Å². The summed E-state index contributed by atoms with van der Waals surface area (Å²) in [6, 6.07) is 13.1. The van der Waals surface area contributed by atoms with Gasteiger partial charge in [0.25, 0.3) is 0 Å². The van der Waals surface area contributed by atoms with Crippen molar-refractivity contribution in [3.05, 3.63) is 53.2 Å². The number of fused-ring (bicyclic) bond motifs is 1. The van der Waals surface area contributed by atoms with E-state index < -0.39 is 31.2 Å². The van der Waals surface area contributed by atoms with Crippen LogP contribution in [0.2, 0.25) is 0 Å². The molecule has 35 heavy (non-hydrogen) atoms. The van der Waals surface area contributed by atoms with E-state index in [2.05, 4.69) is 4.99 Å². The Balaban J connectivity index is 1.53. The summed E-state index contributed by atoms with van der Waals surface area (Å²) in [6.45, 7) is 2.50. The molecule has 5 rings (SSSR count). The summed E-state index contributed by atoms with van der Waals surface area (Å²) in [5.41, 5.74) is 7.16. The first-order chi connectivity index (χ1) is 16.4. The van der Waals surface area contributed by atoms with E-state index in [9.17, 15) is 16.8 Å². The Hall–Kier alpha value is -2.70. The zero-order chi connectivity index (χ0) is 25.2. The van der Waals surface area contributed by atoms with Gasteiger partial charge in [0.15, 0.2) is 9.84 Å². The molecular weight excluding hydrogens is 511 g/mol. The Kier molecular flexibility index (Phi) is 5.61. The van der Waals surface area contributed by atoms with Gasteiger partial charge in [0, 0.05) is 35.9 Å². The maximum Gasteiger partial charge on any atom is 0.239 e. The number of aliphatic imine (C=N–C) groups is 1. The Morgan fingerprint density at radius 2 is 1.71 bits per heavy atom. The number of hydrogen-bond acceptors (Lipinski definition) is 8. The zero-order valence-electron chi connectivity index (χ0n) is 19.2. The summed E-state index contributed by atoms with van der Waals surface area (Å²) in [4.78, 5) is 6.62. The molecule has 3 aromatic rings. The highest BCUT2D eigenvalue weighted by atomic mass is 32.2. The highest BCUT2D eigenvalue weighted by molar-refractivity contribution is 7.91. The molecule has 0 amide bonds. The third kappa shape index (κ3) is 4.17. The third-order valence-electron chi connectivity index (χ3n) is 6.60. The van der Waals surface area contributed by atoms with Crippen LogP contribution in [0.3, 0.4) is 0 Å². The smallest absolute Gasteiger partial charge is 0.239 e. The molecule has 0 bridgehead atoms. The summed E-state index contributed by atoms with van der Waals surface area (Å²) in [5.74, 6) is -0.754. The van der Waals surface area contributed by atoms with Crippen LogP contribution in [0.25, 0.3) is 21.2 Å². The number of sulfonamides is 1. The molecule has 12 heteroatoms. The van der Waals surface area contributed by atoms with Gasteiger partial charge in [-0.3, -0.25) is 0 Å². The number of hydrogen-bond donors (Lipinski definition) is 1. The minimum Gasteiger partial charge on any atom is -0.369 e. The Morgan fingerprint density at radius 1 is 1.06 bits per heavy atom. The summed E-state index contributed by atoms with van der Waals surface area (Å²) in [6.07, 6.45) is 0. The number of nitrogens with two attached hydrogens (primary N) is 1. The molecular formula is C23H25FN4O4S3. The van der Waals surface area contributed by atoms with Gasteiger partial charge in [0.05, 0.1) is 22.1 Å². The summed E-state index contributed by atoms with van der Waals surface area (Å²) < 4.78 is 65.9. The number of sulfone groups is 1. The van der Waals surface area contributed by atoms with Gasteiger partial charge in [-0.15, -0.1) is 11.3 Å². The second kappa shape index (κ2) is 8.17. The number of nitrogens with zero attached hydrogens (tertiary/aromatic N) is 3. The highest BCUT2D eigenvalue weighted by Gasteiger charge is 2.43. The first kappa shape index (κ1) is 24.0. The van der Waals surface area contributed by atoms with Crippen molar-refractivity contribution in [2.24, 2.45) is 10.7 Å². The van der Waals surface area contributed by atoms with Crippen LogP contribution in [0.1, 0.15) is 11.8 Å². The molecule has 1 unspecified atom stereocenters. The van der Waals surface area contributed by atoms with Crippen LogP contribution >= 0.6 is 11.3 Å². The molecule has 2 aliphatic heterocycles. The van der Waals surface area contributed by atoms with Crippen molar-refractivity contribution in [3.8, 4) is 11.1 Å². The second-order valence-corrected chi connectivity index (χ2v) is 14.4. The fourth-order valence-corrected chi connectivity index (χ4v) is 8.59. The number of benzene rings is 2. The van der Waals surface area contributed by atoms with Gasteiger partial charge in [-0.05, 0) is 30.2 Å². The molecule has 2 aromatic carbocycles. The van der Waals surface area contributed by atoms with E-state index >= 15 is 4.39 Å². The van der Waals surface area contributed by atoms with Crippen molar-refractivity contribution in [3.63, 3.8) is 0 Å². The van der Waals surface area contributed by atoms with E-state index in [1.807, 2.05) is 35.2 Å². The lowest BCUT2D eigenvalue weighted by Crippen LogP contribution is -2.50. The summed E-state index contributed by atoms with van der Waals surface area (Å²) >= 11 is 1.19. The topological polar surface area (TPSA) is 113 Å². The summed E-state index contributed by atoms with van der Waals surface area (Å²) in [7, 11) is -5.36. The molecule has 2 aliphatic rings. The van der Waals surface area contributed by atoms with Crippen LogP contribution in [0, 0.1) is 5.82 Å². The van der Waals surface area contributed by atoms with Gasteiger partial charge in [-0.2, -0.15) is 0 Å². The van der Waals surface area contributed by atoms with Crippen LogP contribution in [-0.4, -0.2) is 64.5 Å². The molecule has 0 saturated carbocycles. The van der Waals surface area contributed by atoms with Gasteiger partial charge in [-0.25, -0.2) is 30.5 Å². The third-order valence-corrected chi connectivity index (χ3v) is 11.6. The normalized spacial score (nSPS) is 23.9. The van der Waals surface area contributed by atoms with E-state index in [4.69, 9.17) is 5.73 Å². The van der Waals surface area contributed by atoms with Crippen LogP contribution in [0.4, 0.5) is 10.1 Å². The lowest BCUT2D eigenvalue weighted by atomic mass is 10.0. The number of thiophene rings is 1. The Morgan fingerprint density at radius 3 is 2.34 bits per heavy atom. The Bertz CT molecular complexity index is 1550. The van der Waals surface area contributed by atoms with E-state index in [0.29, 0.717) is 23.2 Å². The van der Waals surface area contributed by atoms with E-state index in [0.717, 1.165) is 21.1 Å². The van der Waals surface area contributed by atoms with Gasteiger partial charge in [0.2, 0.25) is 16.0 Å². The van der Waals surface area contributed by atoms with E-state index in [-0.39, 0.29) is 28.1 Å². The molecule has 8 nitrogen and oxygen atoms in total. The molecule has 1 atom stereocenters. The van der Waals surface area contributed by atoms with Crippen molar-refractivity contribution in [1.82, 2.24) is 4.31 Å². The molecule has 0 spiro atoms. The molecule has 1 fully saturated rings. The lowest BCUT2D eigenvalue weighted by Gasteiger charge is -2.33. The molecule has 1 aromatic heterocycles. The fourth-order valence-electron chi connectivity index (χ4n) is 4.55. The van der Waals surface area contributed by atoms with Gasteiger partial charge < -0.3 is 10.6 Å². The highest BCUT2D eigenvalue weighted by Crippen LogP contribution is 2.44. The molecule has 2 N–H and O–H groups in total. The van der Waals surface area contributed by atoms with Gasteiger partial charge in [0.1, 0.15) is 11.4 Å². The van der Waals surface area contributed by atoms with Crippen LogP contribution in [-0.2, 0) is 25.4 Å². The predicted molar refractivity (Wildman–Crippen MR) is 139 cm³/mol. The van der Waals surface area contributed by atoms with Crippen molar-refractivity contribution < 1.29 is 21.2 Å². The molecule has 0 aliphatic carbocycles. The van der Waals surface area contributed by atoms with Crippen LogP contribution in [0.5, 0.6) is 0 Å². The molecule has 1 saturated heterocycles. The average Bonchev–Trinajstić information content (AvgIpc) is 3.15. The van der Waals surface area contributed by atoms with Crippen LogP contribution < -0.4 is 10.6 Å². The van der Waals surface area contributed by atoms with Gasteiger partial charge in [-0.1, -0.05) is 30.3 Å². The Labute approximate surface area is 207 Å². The van der Waals surface area contributed by atoms with Gasteiger partial charge >= 0.3 is 0 Å². The standard InChI is InChI=1S/C23H25FN4O4S3/c1-23(14-35(31,32)27(2)22(25)26-23)21-19(24)18-5-3-4-17(20(18)33-21)15-6-8-16(9-7-15)28-10-12-34(29,30)13-11-28/h3-9H,10-14H2,1-2H3,(H2,25,26). The second-order valence-electron chi connectivity index (χ2n) is 9.08. The number of anilines is 1. The number of guanidine groups is 1. The van der Waals surface area contributed by atoms with E-state index in [1.54, 1.807) is 19.1 Å². The fraction of sp³-hybridized carbons (Fsp3) is 0.348. The first-order valence-electron chi connectivity index (χ1n) is 11.0. The molecule has 186 valence electrons. The van der Waals surface area contributed by atoms with Crippen molar-refractivity contribution in [2.45, 2.75) is 12.5 Å². The maximum absolute atomic E-state index is 15.6. The van der Waals surface area contributed by atoms with Crippen molar-refractivity contribution >= 4 is 52.9 Å². The minimum atomic E-state index is -3.73. The SMILES string of the molecule is CN1C(N)=NC(C)(c2sc3c(-c4ccc(N5CCS(=O)(=O)CC5)cc4)cccc3c2F)CS1(=O)=O. The number of rotatable bonds is 3. The molecule has 0 radical (unpaired) electrons. The first-order valence-corrected chi connectivity index (χ1v) is 15.2. The molecule has 3 heterocycles. The monoisotopic (exact) mass is 536 g/mol. The van der Waals surface area contributed by atoms with Crippen LogP contribution in [0.15, 0.2) is 47.5 Å². The van der Waals surface area contributed by atoms with Crippen molar-refractivity contribution in [2.75, 3.05) is 42.3 Å². The number of halogens is 1. The largest absolute Gasteiger partial charge is 0.369 e. The minimum absolute atomic E-state index is 0.141. The maximum atomic E-state index is 15.6. The lowest BCUT2D eigenvalue weighted by molar-refractivity contribution is 0.467. The summed E-state index contributed by atoms with van der Waals surface area (Å²) in [5, 5.41) is 0.402. The average molecular weight is 537 g/mol. The quantitative estimate of drug-likeness (QED) is 0.551. The predicted octanol–water partition coefficient (Wildman–Crippen LogP) is 2.75.